The smallest absolute Gasteiger partial charge is 0.226 e. The maximum Gasteiger partial charge on any atom is 0.226 e. The molecule has 0 aromatic heterocycles. The Morgan fingerprint density at radius 1 is 1.04 bits per heavy atom. The van der Waals surface area contributed by atoms with Gasteiger partial charge < -0.3 is 10.2 Å². The fourth-order valence-electron chi connectivity index (χ4n) is 2.30. The molecule has 0 aliphatic carbocycles. The van der Waals surface area contributed by atoms with Crippen molar-refractivity contribution in [1.82, 2.24) is 4.90 Å². The van der Waals surface area contributed by atoms with Crippen LogP contribution < -0.4 is 5.32 Å². The molecule has 0 saturated carbocycles. The lowest BCUT2D eigenvalue weighted by Gasteiger charge is -2.21. The van der Waals surface area contributed by atoms with Crippen LogP contribution in [0.25, 0.3) is 0 Å². The summed E-state index contributed by atoms with van der Waals surface area (Å²) in [5.41, 5.74) is 2.78. The molecule has 6 heteroatoms. The van der Waals surface area contributed by atoms with E-state index < -0.39 is 0 Å². The molecule has 2 rings (SSSR count). The first kappa shape index (κ1) is 19.3. The number of aryl methyl sites for hydroxylation is 1. The van der Waals surface area contributed by atoms with Crippen LogP contribution in [0.5, 0.6) is 0 Å². The molecule has 0 unspecified atom stereocenters. The molecule has 1 N–H and O–H groups in total. The van der Waals surface area contributed by atoms with Crippen molar-refractivity contribution in [2.45, 2.75) is 26.8 Å². The Morgan fingerprint density at radius 2 is 1.72 bits per heavy atom. The van der Waals surface area contributed by atoms with Crippen LogP contribution in [0, 0.1) is 6.92 Å². The van der Waals surface area contributed by atoms with E-state index in [1.807, 2.05) is 31.2 Å². The van der Waals surface area contributed by atoms with Gasteiger partial charge in [-0.1, -0.05) is 53.0 Å². The SMILES string of the molecule is CC(=O)N(CCC(=O)Nc1ccc(Cl)c(Cl)c1)Cc1ccc(C)cc1. The summed E-state index contributed by atoms with van der Waals surface area (Å²) in [5, 5.41) is 3.57. The second kappa shape index (κ2) is 8.88. The molecule has 0 bridgehead atoms. The Kier molecular flexibility index (Phi) is 6.85. The highest BCUT2D eigenvalue weighted by atomic mass is 35.5. The lowest BCUT2D eigenvalue weighted by atomic mass is 10.1. The summed E-state index contributed by atoms with van der Waals surface area (Å²) in [6.07, 6.45) is 0.200. The zero-order chi connectivity index (χ0) is 18.4. The standard InChI is InChI=1S/C19H20Cl2N2O2/c1-13-3-5-15(6-4-13)12-23(14(2)24)10-9-19(25)22-16-7-8-17(20)18(21)11-16/h3-8,11H,9-10,12H2,1-2H3,(H,22,25). The summed E-state index contributed by atoms with van der Waals surface area (Å²) in [6.45, 7) is 4.34. The van der Waals surface area contributed by atoms with Gasteiger partial charge in [0.25, 0.3) is 0 Å². The first-order valence-corrected chi connectivity index (χ1v) is 8.66. The number of carbonyl (C=O) groups is 2. The Labute approximate surface area is 157 Å². The van der Waals surface area contributed by atoms with Crippen LogP contribution in [0.4, 0.5) is 5.69 Å². The minimum atomic E-state index is -0.187. The number of nitrogens with one attached hydrogen (secondary N) is 1. The van der Waals surface area contributed by atoms with E-state index in [4.69, 9.17) is 23.2 Å². The van der Waals surface area contributed by atoms with Crippen molar-refractivity contribution < 1.29 is 9.59 Å². The number of carbonyl (C=O) groups excluding carboxylic acids is 2. The zero-order valence-corrected chi connectivity index (χ0v) is 15.7. The van der Waals surface area contributed by atoms with E-state index in [-0.39, 0.29) is 18.2 Å². The highest BCUT2D eigenvalue weighted by Crippen LogP contribution is 2.25. The van der Waals surface area contributed by atoms with Crippen LogP contribution >= 0.6 is 23.2 Å². The Balaban J connectivity index is 1.91. The predicted octanol–water partition coefficient (Wildman–Crippen LogP) is 4.68. The second-order valence-corrected chi connectivity index (χ2v) is 6.67. The van der Waals surface area contributed by atoms with Crippen LogP contribution in [-0.2, 0) is 16.1 Å². The zero-order valence-electron chi connectivity index (χ0n) is 14.2. The Morgan fingerprint density at radius 3 is 2.32 bits per heavy atom. The highest BCUT2D eigenvalue weighted by molar-refractivity contribution is 6.42. The average molecular weight is 379 g/mol. The van der Waals surface area contributed by atoms with Crippen LogP contribution in [0.1, 0.15) is 24.5 Å². The van der Waals surface area contributed by atoms with E-state index in [2.05, 4.69) is 5.32 Å². The number of rotatable bonds is 6. The van der Waals surface area contributed by atoms with Crippen LogP contribution in [0.3, 0.4) is 0 Å². The van der Waals surface area contributed by atoms with Gasteiger partial charge in [0.2, 0.25) is 11.8 Å². The van der Waals surface area contributed by atoms with Gasteiger partial charge >= 0.3 is 0 Å². The number of halogens is 2. The Hall–Kier alpha value is -2.04. The molecule has 0 heterocycles. The van der Waals surface area contributed by atoms with Gasteiger partial charge in [-0.2, -0.15) is 0 Å². The van der Waals surface area contributed by atoms with Gasteiger partial charge in [0.1, 0.15) is 0 Å². The van der Waals surface area contributed by atoms with Crippen molar-refractivity contribution in [3.05, 3.63) is 63.6 Å². The minimum absolute atomic E-state index is 0.0667. The van der Waals surface area contributed by atoms with Gasteiger partial charge in [-0.05, 0) is 30.7 Å². The van der Waals surface area contributed by atoms with Gasteiger partial charge in [-0.15, -0.1) is 0 Å². The molecule has 2 aromatic carbocycles. The van der Waals surface area contributed by atoms with Crippen molar-refractivity contribution in [2.24, 2.45) is 0 Å². The maximum atomic E-state index is 12.1. The van der Waals surface area contributed by atoms with E-state index in [1.165, 1.54) is 12.5 Å². The normalized spacial score (nSPS) is 10.4. The largest absolute Gasteiger partial charge is 0.338 e. The van der Waals surface area contributed by atoms with E-state index >= 15 is 0 Å². The molecule has 0 atom stereocenters. The van der Waals surface area contributed by atoms with Crippen LogP contribution in [-0.4, -0.2) is 23.3 Å². The average Bonchev–Trinajstić information content (AvgIpc) is 2.56. The van der Waals surface area contributed by atoms with Gasteiger partial charge in [-0.25, -0.2) is 0 Å². The van der Waals surface area contributed by atoms with Crippen molar-refractivity contribution in [3.63, 3.8) is 0 Å². The summed E-state index contributed by atoms with van der Waals surface area (Å²) in [4.78, 5) is 25.6. The number of hydrogen-bond acceptors (Lipinski definition) is 2. The molecule has 2 aromatic rings. The van der Waals surface area contributed by atoms with Gasteiger partial charge in [0.15, 0.2) is 0 Å². The van der Waals surface area contributed by atoms with Gasteiger partial charge in [0, 0.05) is 32.1 Å². The Bertz CT molecular complexity index is 761. The molecule has 0 radical (unpaired) electrons. The summed E-state index contributed by atoms with van der Waals surface area (Å²) in [7, 11) is 0. The van der Waals surface area contributed by atoms with E-state index in [9.17, 15) is 9.59 Å². The quantitative estimate of drug-likeness (QED) is 0.792. The molecule has 0 spiro atoms. The van der Waals surface area contributed by atoms with Crippen molar-refractivity contribution >= 4 is 40.7 Å². The molecule has 25 heavy (non-hydrogen) atoms. The molecule has 0 aliphatic rings. The molecular formula is C19H20Cl2N2O2. The lowest BCUT2D eigenvalue weighted by molar-refractivity contribution is -0.129. The molecule has 2 amide bonds. The third-order valence-corrected chi connectivity index (χ3v) is 4.49. The maximum absolute atomic E-state index is 12.1. The van der Waals surface area contributed by atoms with Crippen molar-refractivity contribution in [2.75, 3.05) is 11.9 Å². The fourth-order valence-corrected chi connectivity index (χ4v) is 2.59. The lowest BCUT2D eigenvalue weighted by Crippen LogP contribution is -2.31. The number of amides is 2. The van der Waals surface area contributed by atoms with Gasteiger partial charge in [0.05, 0.1) is 10.0 Å². The summed E-state index contributed by atoms with van der Waals surface area (Å²) < 4.78 is 0. The number of benzene rings is 2. The molecule has 4 nitrogen and oxygen atoms in total. The molecule has 132 valence electrons. The van der Waals surface area contributed by atoms with Crippen LogP contribution in [0.2, 0.25) is 10.0 Å². The monoisotopic (exact) mass is 378 g/mol. The van der Waals surface area contributed by atoms with Crippen molar-refractivity contribution in [1.29, 1.82) is 0 Å². The third kappa shape index (κ3) is 6.07. The predicted molar refractivity (Wildman–Crippen MR) is 102 cm³/mol. The van der Waals surface area contributed by atoms with Crippen molar-refractivity contribution in [3.8, 4) is 0 Å². The van der Waals surface area contributed by atoms with Crippen LogP contribution in [0.15, 0.2) is 42.5 Å². The van der Waals surface area contributed by atoms with E-state index in [0.717, 1.165) is 5.56 Å². The second-order valence-electron chi connectivity index (χ2n) is 5.85. The first-order valence-electron chi connectivity index (χ1n) is 7.91. The first-order chi connectivity index (χ1) is 11.8. The number of nitrogens with zero attached hydrogens (tertiary/aromatic N) is 1. The summed E-state index contributed by atoms with van der Waals surface area (Å²) in [6, 6.07) is 12.9. The third-order valence-electron chi connectivity index (χ3n) is 3.75. The summed E-state index contributed by atoms with van der Waals surface area (Å²) in [5.74, 6) is -0.253. The van der Waals surface area contributed by atoms with Gasteiger partial charge in [-0.3, -0.25) is 9.59 Å². The number of hydrogen-bond donors (Lipinski definition) is 1. The van der Waals surface area contributed by atoms with E-state index in [1.54, 1.807) is 23.1 Å². The molecule has 0 saturated heterocycles. The topological polar surface area (TPSA) is 49.4 Å². The highest BCUT2D eigenvalue weighted by Gasteiger charge is 2.12. The number of anilines is 1. The molecule has 0 aliphatic heterocycles. The molecule has 0 fully saturated rings. The van der Waals surface area contributed by atoms with E-state index in [0.29, 0.717) is 28.8 Å². The molecular weight excluding hydrogens is 359 g/mol. The fraction of sp³-hybridized carbons (Fsp3) is 0.263. The summed E-state index contributed by atoms with van der Waals surface area (Å²) >= 11 is 11.8. The minimum Gasteiger partial charge on any atom is -0.338 e.